The van der Waals surface area contributed by atoms with E-state index in [1.54, 1.807) is 0 Å². The molecule has 0 bridgehead atoms. The highest BCUT2D eigenvalue weighted by atomic mass is 79.9. The molecule has 4 heteroatoms. The van der Waals surface area contributed by atoms with Gasteiger partial charge in [-0.3, -0.25) is 4.90 Å². The maximum absolute atomic E-state index is 5.88. The van der Waals surface area contributed by atoms with Crippen LogP contribution in [0.4, 0.5) is 0 Å². The molecule has 3 nitrogen and oxygen atoms in total. The lowest BCUT2D eigenvalue weighted by atomic mass is 10.2. The Labute approximate surface area is 134 Å². The Balaban J connectivity index is 1.52. The summed E-state index contributed by atoms with van der Waals surface area (Å²) in [6.07, 6.45) is 2.62. The molecule has 3 rings (SSSR count). The van der Waals surface area contributed by atoms with Crippen LogP contribution in [0.2, 0.25) is 0 Å². The van der Waals surface area contributed by atoms with Crippen LogP contribution in [0.1, 0.15) is 29.9 Å². The van der Waals surface area contributed by atoms with Gasteiger partial charge in [0.2, 0.25) is 0 Å². The molecule has 0 amide bonds. The second kappa shape index (κ2) is 6.77. The van der Waals surface area contributed by atoms with E-state index in [-0.39, 0.29) is 0 Å². The molecule has 0 radical (unpaired) electrons. The number of furan rings is 1. The van der Waals surface area contributed by atoms with Gasteiger partial charge in [-0.2, -0.15) is 0 Å². The first-order valence-electron chi connectivity index (χ1n) is 7.43. The normalized spacial score (nSPS) is 14.8. The number of halogens is 1. The zero-order valence-corrected chi connectivity index (χ0v) is 13.9. The fraction of sp³-hybridized carbons (Fsp3) is 0.412. The molecule has 0 atom stereocenters. The molecule has 1 aromatic heterocycles. The van der Waals surface area contributed by atoms with Crippen molar-refractivity contribution < 1.29 is 4.42 Å². The van der Waals surface area contributed by atoms with E-state index in [0.717, 1.165) is 41.7 Å². The van der Waals surface area contributed by atoms with Gasteiger partial charge in [0.15, 0.2) is 0 Å². The predicted octanol–water partition coefficient (Wildman–Crippen LogP) is 3.93. The molecule has 0 spiro atoms. The molecule has 21 heavy (non-hydrogen) atoms. The monoisotopic (exact) mass is 348 g/mol. The molecule has 1 saturated carbocycles. The Morgan fingerprint density at radius 1 is 1.14 bits per heavy atom. The summed E-state index contributed by atoms with van der Waals surface area (Å²) in [6, 6.07) is 13.2. The van der Waals surface area contributed by atoms with E-state index >= 15 is 0 Å². The van der Waals surface area contributed by atoms with Gasteiger partial charge >= 0.3 is 0 Å². The molecular weight excluding hydrogens is 328 g/mol. The van der Waals surface area contributed by atoms with Crippen LogP contribution in [-0.2, 0) is 19.6 Å². The van der Waals surface area contributed by atoms with Gasteiger partial charge in [0.05, 0.1) is 13.1 Å². The molecule has 0 aliphatic heterocycles. The Morgan fingerprint density at radius 3 is 2.67 bits per heavy atom. The average molecular weight is 349 g/mol. The summed E-state index contributed by atoms with van der Waals surface area (Å²) >= 11 is 3.60. The minimum Gasteiger partial charge on any atom is -0.463 e. The van der Waals surface area contributed by atoms with Gasteiger partial charge in [0, 0.05) is 17.1 Å². The lowest BCUT2D eigenvalue weighted by Gasteiger charge is -2.16. The molecule has 1 heterocycles. The third kappa shape index (κ3) is 4.43. The number of rotatable bonds is 7. The van der Waals surface area contributed by atoms with Crippen molar-refractivity contribution >= 4 is 15.9 Å². The number of hydrogen-bond donors (Lipinski definition) is 1. The summed E-state index contributed by atoms with van der Waals surface area (Å²) in [5.41, 5.74) is 1.29. The van der Waals surface area contributed by atoms with Crippen molar-refractivity contribution in [2.75, 3.05) is 7.05 Å². The van der Waals surface area contributed by atoms with E-state index in [2.05, 4.69) is 63.5 Å². The number of benzene rings is 1. The van der Waals surface area contributed by atoms with Crippen LogP contribution in [0.15, 0.2) is 45.3 Å². The summed E-state index contributed by atoms with van der Waals surface area (Å²) in [6.45, 7) is 2.57. The van der Waals surface area contributed by atoms with Gasteiger partial charge in [0.1, 0.15) is 11.5 Å². The van der Waals surface area contributed by atoms with Crippen LogP contribution in [0.25, 0.3) is 0 Å². The zero-order chi connectivity index (χ0) is 14.7. The van der Waals surface area contributed by atoms with Crippen LogP contribution in [0, 0.1) is 0 Å². The number of nitrogens with one attached hydrogen (secondary N) is 1. The van der Waals surface area contributed by atoms with Crippen LogP contribution in [0.3, 0.4) is 0 Å². The minimum absolute atomic E-state index is 0.719. The van der Waals surface area contributed by atoms with Crippen LogP contribution < -0.4 is 5.32 Å². The summed E-state index contributed by atoms with van der Waals surface area (Å²) in [7, 11) is 2.12. The largest absolute Gasteiger partial charge is 0.463 e. The van der Waals surface area contributed by atoms with Gasteiger partial charge in [-0.1, -0.05) is 34.1 Å². The maximum atomic E-state index is 5.88. The van der Waals surface area contributed by atoms with Gasteiger partial charge in [0.25, 0.3) is 0 Å². The minimum atomic E-state index is 0.719. The van der Waals surface area contributed by atoms with E-state index in [4.69, 9.17) is 4.42 Å². The third-order valence-corrected chi connectivity index (χ3v) is 4.46. The van der Waals surface area contributed by atoms with Crippen molar-refractivity contribution in [3.05, 3.63) is 58.0 Å². The molecule has 0 unspecified atom stereocenters. The Bertz CT molecular complexity index is 592. The lowest BCUT2D eigenvalue weighted by Crippen LogP contribution is -2.17. The first-order chi connectivity index (χ1) is 10.2. The predicted molar refractivity (Wildman–Crippen MR) is 87.9 cm³/mol. The topological polar surface area (TPSA) is 28.4 Å². The van der Waals surface area contributed by atoms with Crippen molar-refractivity contribution in [1.29, 1.82) is 0 Å². The smallest absolute Gasteiger partial charge is 0.118 e. The molecule has 1 aromatic carbocycles. The summed E-state index contributed by atoms with van der Waals surface area (Å²) in [4.78, 5) is 2.26. The fourth-order valence-corrected chi connectivity index (χ4v) is 2.78. The summed E-state index contributed by atoms with van der Waals surface area (Å²) in [5, 5.41) is 3.47. The van der Waals surface area contributed by atoms with E-state index in [9.17, 15) is 0 Å². The van der Waals surface area contributed by atoms with Crippen molar-refractivity contribution in [3.8, 4) is 0 Å². The molecule has 0 saturated heterocycles. The van der Waals surface area contributed by atoms with Gasteiger partial charge in [-0.15, -0.1) is 0 Å². The first-order valence-corrected chi connectivity index (χ1v) is 8.23. The summed E-state index contributed by atoms with van der Waals surface area (Å²) < 4.78 is 7.04. The Morgan fingerprint density at radius 2 is 1.90 bits per heavy atom. The quantitative estimate of drug-likeness (QED) is 0.821. The molecule has 1 aliphatic rings. The highest BCUT2D eigenvalue weighted by Crippen LogP contribution is 2.21. The second-order valence-electron chi connectivity index (χ2n) is 5.79. The lowest BCUT2D eigenvalue weighted by molar-refractivity contribution is 0.282. The molecular formula is C17H21BrN2O. The maximum Gasteiger partial charge on any atom is 0.118 e. The highest BCUT2D eigenvalue weighted by molar-refractivity contribution is 9.10. The van der Waals surface area contributed by atoms with E-state index < -0.39 is 0 Å². The van der Waals surface area contributed by atoms with Gasteiger partial charge < -0.3 is 9.73 Å². The van der Waals surface area contributed by atoms with Crippen LogP contribution >= 0.6 is 15.9 Å². The van der Waals surface area contributed by atoms with E-state index in [1.807, 2.05) is 6.07 Å². The van der Waals surface area contributed by atoms with Crippen molar-refractivity contribution in [2.45, 2.75) is 38.5 Å². The van der Waals surface area contributed by atoms with Crippen molar-refractivity contribution in [3.63, 3.8) is 0 Å². The number of hydrogen-bond acceptors (Lipinski definition) is 3. The van der Waals surface area contributed by atoms with Crippen molar-refractivity contribution in [1.82, 2.24) is 10.2 Å². The van der Waals surface area contributed by atoms with E-state index in [1.165, 1.54) is 18.4 Å². The Kier molecular flexibility index (Phi) is 4.78. The Hall–Kier alpha value is -1.10. The standard InChI is InChI=1S/C17H21BrN2O/c1-20(11-13-4-2-3-5-17(13)18)12-16-9-8-15(21-16)10-19-14-6-7-14/h2-5,8-9,14,19H,6-7,10-12H2,1H3. The van der Waals surface area contributed by atoms with E-state index in [0.29, 0.717) is 0 Å². The zero-order valence-electron chi connectivity index (χ0n) is 12.3. The fourth-order valence-electron chi connectivity index (χ4n) is 2.37. The molecule has 1 N–H and O–H groups in total. The number of nitrogens with zero attached hydrogens (tertiary/aromatic N) is 1. The highest BCUT2D eigenvalue weighted by Gasteiger charge is 2.20. The molecule has 1 aliphatic carbocycles. The van der Waals surface area contributed by atoms with Crippen molar-refractivity contribution in [2.24, 2.45) is 0 Å². The molecule has 112 valence electrons. The molecule has 1 fully saturated rings. The van der Waals surface area contributed by atoms with Gasteiger partial charge in [-0.25, -0.2) is 0 Å². The third-order valence-electron chi connectivity index (χ3n) is 3.68. The molecule has 2 aromatic rings. The van der Waals surface area contributed by atoms with Crippen LogP contribution in [-0.4, -0.2) is 18.0 Å². The van der Waals surface area contributed by atoms with Gasteiger partial charge in [-0.05, 0) is 43.7 Å². The first kappa shape index (κ1) is 14.8. The summed E-state index contributed by atoms with van der Waals surface area (Å²) in [5.74, 6) is 2.06. The van der Waals surface area contributed by atoms with Crippen LogP contribution in [0.5, 0.6) is 0 Å². The SMILES string of the molecule is CN(Cc1ccc(CNC2CC2)o1)Cc1ccccc1Br. The second-order valence-corrected chi connectivity index (χ2v) is 6.64. The average Bonchev–Trinajstić information content (AvgIpc) is 3.19.